The van der Waals surface area contributed by atoms with Crippen LogP contribution in [0.5, 0.6) is 0 Å². The standard InChI is InChI=1S/C16H16F4N2O4/c1-2-25-14(23)8-22(9-16(18,19)20)15(24)13-7-12(21-26-13)10-4-3-5-11(17)6-10/h3-6,13H,2,7-9H2,1H3. The number of hydrogen-bond donors (Lipinski definition) is 0. The van der Waals surface area contributed by atoms with E-state index in [-0.39, 0.29) is 18.7 Å². The van der Waals surface area contributed by atoms with Crippen LogP contribution in [0.3, 0.4) is 0 Å². The van der Waals surface area contributed by atoms with Gasteiger partial charge in [-0.3, -0.25) is 9.59 Å². The highest BCUT2D eigenvalue weighted by atomic mass is 19.4. The van der Waals surface area contributed by atoms with Gasteiger partial charge in [-0.2, -0.15) is 13.2 Å². The van der Waals surface area contributed by atoms with Crippen LogP contribution in [-0.2, 0) is 19.2 Å². The van der Waals surface area contributed by atoms with Crippen LogP contribution in [0.25, 0.3) is 0 Å². The third-order valence-electron chi connectivity index (χ3n) is 3.41. The van der Waals surface area contributed by atoms with E-state index in [4.69, 9.17) is 4.84 Å². The number of rotatable bonds is 6. The third-order valence-corrected chi connectivity index (χ3v) is 3.41. The number of oxime groups is 1. The van der Waals surface area contributed by atoms with Crippen molar-refractivity contribution in [1.82, 2.24) is 4.90 Å². The monoisotopic (exact) mass is 376 g/mol. The summed E-state index contributed by atoms with van der Waals surface area (Å²) < 4.78 is 56.0. The lowest BCUT2D eigenvalue weighted by Gasteiger charge is -2.24. The van der Waals surface area contributed by atoms with E-state index in [0.717, 1.165) is 0 Å². The normalized spacial score (nSPS) is 16.7. The summed E-state index contributed by atoms with van der Waals surface area (Å²) in [4.78, 5) is 29.1. The Morgan fingerprint density at radius 3 is 2.73 bits per heavy atom. The van der Waals surface area contributed by atoms with Crippen molar-refractivity contribution in [2.24, 2.45) is 5.16 Å². The molecule has 142 valence electrons. The van der Waals surface area contributed by atoms with Gasteiger partial charge in [0, 0.05) is 12.0 Å². The number of hydrogen-bond acceptors (Lipinski definition) is 5. The second-order valence-corrected chi connectivity index (χ2v) is 5.46. The highest BCUT2D eigenvalue weighted by Crippen LogP contribution is 2.22. The average Bonchev–Trinajstić information content (AvgIpc) is 3.02. The Balaban J connectivity index is 2.07. The van der Waals surface area contributed by atoms with Gasteiger partial charge in [0.1, 0.15) is 18.9 Å². The maximum atomic E-state index is 13.3. The van der Waals surface area contributed by atoms with Crippen LogP contribution in [0, 0.1) is 5.82 Å². The molecule has 0 N–H and O–H groups in total. The Labute approximate surface area is 146 Å². The molecule has 1 aliphatic rings. The van der Waals surface area contributed by atoms with Crippen molar-refractivity contribution in [3.05, 3.63) is 35.6 Å². The number of alkyl halides is 3. The van der Waals surface area contributed by atoms with E-state index in [9.17, 15) is 27.2 Å². The first-order valence-corrected chi connectivity index (χ1v) is 7.69. The fraction of sp³-hybridized carbons (Fsp3) is 0.438. The van der Waals surface area contributed by atoms with Gasteiger partial charge in [-0.25, -0.2) is 4.39 Å². The Kier molecular flexibility index (Phi) is 6.17. The van der Waals surface area contributed by atoms with E-state index >= 15 is 0 Å². The summed E-state index contributed by atoms with van der Waals surface area (Å²) >= 11 is 0. The van der Waals surface area contributed by atoms with Crippen molar-refractivity contribution < 1.29 is 36.7 Å². The maximum Gasteiger partial charge on any atom is 0.406 e. The molecule has 1 heterocycles. The van der Waals surface area contributed by atoms with Crippen molar-refractivity contribution >= 4 is 17.6 Å². The van der Waals surface area contributed by atoms with Gasteiger partial charge >= 0.3 is 12.1 Å². The second-order valence-electron chi connectivity index (χ2n) is 5.46. The van der Waals surface area contributed by atoms with Crippen LogP contribution in [0.4, 0.5) is 17.6 Å². The van der Waals surface area contributed by atoms with E-state index in [0.29, 0.717) is 10.5 Å². The molecule has 0 aliphatic carbocycles. The fourth-order valence-electron chi connectivity index (χ4n) is 2.34. The summed E-state index contributed by atoms with van der Waals surface area (Å²) in [5, 5.41) is 3.65. The molecule has 0 radical (unpaired) electrons. The number of benzene rings is 1. The Bertz CT molecular complexity index is 706. The fourth-order valence-corrected chi connectivity index (χ4v) is 2.34. The van der Waals surface area contributed by atoms with Crippen molar-refractivity contribution in [3.8, 4) is 0 Å². The average molecular weight is 376 g/mol. The lowest BCUT2D eigenvalue weighted by Crippen LogP contribution is -2.47. The molecule has 0 saturated heterocycles. The SMILES string of the molecule is CCOC(=O)CN(CC(F)(F)F)C(=O)C1CC(c2cccc(F)c2)=NO1. The van der Waals surface area contributed by atoms with Crippen LogP contribution < -0.4 is 0 Å². The first kappa shape index (κ1) is 19.7. The molecule has 1 amide bonds. The molecule has 1 aliphatic heterocycles. The Morgan fingerprint density at radius 2 is 2.12 bits per heavy atom. The van der Waals surface area contributed by atoms with E-state index in [1.165, 1.54) is 31.2 Å². The summed E-state index contributed by atoms with van der Waals surface area (Å²) in [6.45, 7) is -1.02. The van der Waals surface area contributed by atoms with Crippen molar-refractivity contribution in [3.63, 3.8) is 0 Å². The number of amides is 1. The topological polar surface area (TPSA) is 68.2 Å². The zero-order chi connectivity index (χ0) is 19.3. The molecule has 0 fully saturated rings. The quantitative estimate of drug-likeness (QED) is 0.564. The van der Waals surface area contributed by atoms with Crippen molar-refractivity contribution in [2.45, 2.75) is 25.6 Å². The minimum absolute atomic E-state index is 0.0281. The first-order chi connectivity index (χ1) is 12.2. The molecule has 1 unspecified atom stereocenters. The molecule has 6 nitrogen and oxygen atoms in total. The molecule has 0 bridgehead atoms. The lowest BCUT2D eigenvalue weighted by molar-refractivity contribution is -0.172. The van der Waals surface area contributed by atoms with Gasteiger partial charge in [-0.1, -0.05) is 17.3 Å². The molecule has 2 rings (SSSR count). The van der Waals surface area contributed by atoms with Crippen LogP contribution in [-0.4, -0.2) is 54.5 Å². The minimum atomic E-state index is -4.70. The number of nitrogens with zero attached hydrogens (tertiary/aromatic N) is 2. The lowest BCUT2D eigenvalue weighted by atomic mass is 10.0. The van der Waals surface area contributed by atoms with Gasteiger partial charge in [-0.15, -0.1) is 0 Å². The van der Waals surface area contributed by atoms with Crippen LogP contribution in [0.1, 0.15) is 18.9 Å². The van der Waals surface area contributed by atoms with Gasteiger partial charge in [-0.05, 0) is 19.1 Å². The third kappa shape index (κ3) is 5.43. The van der Waals surface area contributed by atoms with Crippen LogP contribution in [0.2, 0.25) is 0 Å². The van der Waals surface area contributed by atoms with Gasteiger partial charge in [0.25, 0.3) is 5.91 Å². The van der Waals surface area contributed by atoms with Crippen molar-refractivity contribution in [2.75, 3.05) is 19.7 Å². The Morgan fingerprint density at radius 1 is 1.38 bits per heavy atom. The summed E-state index contributed by atoms with van der Waals surface area (Å²) in [6.07, 6.45) is -6.17. The molecule has 26 heavy (non-hydrogen) atoms. The summed E-state index contributed by atoms with van der Waals surface area (Å²) in [7, 11) is 0. The highest BCUT2D eigenvalue weighted by molar-refractivity contribution is 6.04. The molecule has 0 saturated carbocycles. The van der Waals surface area contributed by atoms with Gasteiger partial charge in [0.2, 0.25) is 6.10 Å². The van der Waals surface area contributed by atoms with Crippen LogP contribution in [0.15, 0.2) is 29.4 Å². The van der Waals surface area contributed by atoms with Gasteiger partial charge in [0.05, 0.1) is 12.3 Å². The van der Waals surface area contributed by atoms with E-state index in [1.807, 2.05) is 0 Å². The van der Waals surface area contributed by atoms with E-state index in [2.05, 4.69) is 9.89 Å². The largest absolute Gasteiger partial charge is 0.465 e. The molecule has 0 aromatic heterocycles. The molecule has 0 spiro atoms. The summed E-state index contributed by atoms with van der Waals surface area (Å²) in [5.41, 5.74) is 0.582. The highest BCUT2D eigenvalue weighted by Gasteiger charge is 2.39. The first-order valence-electron chi connectivity index (χ1n) is 7.69. The zero-order valence-corrected chi connectivity index (χ0v) is 13.8. The molecule has 1 aromatic carbocycles. The number of esters is 1. The minimum Gasteiger partial charge on any atom is -0.465 e. The van der Waals surface area contributed by atoms with E-state index in [1.54, 1.807) is 0 Å². The van der Waals surface area contributed by atoms with Gasteiger partial charge < -0.3 is 14.5 Å². The summed E-state index contributed by atoms with van der Waals surface area (Å²) in [6, 6.07) is 5.34. The molecular formula is C16H16F4N2O4. The van der Waals surface area contributed by atoms with Gasteiger partial charge in [0.15, 0.2) is 0 Å². The maximum absolute atomic E-state index is 13.3. The smallest absolute Gasteiger partial charge is 0.406 e. The van der Waals surface area contributed by atoms with Crippen LogP contribution >= 0.6 is 0 Å². The predicted octanol–water partition coefficient (Wildman–Crippen LogP) is 2.27. The van der Waals surface area contributed by atoms with Crippen molar-refractivity contribution in [1.29, 1.82) is 0 Å². The molecule has 1 atom stereocenters. The summed E-state index contributed by atoms with van der Waals surface area (Å²) in [5.74, 6) is -2.54. The number of halogens is 4. The van der Waals surface area contributed by atoms with E-state index < -0.39 is 43.1 Å². The number of ether oxygens (including phenoxy) is 1. The zero-order valence-electron chi connectivity index (χ0n) is 13.8. The number of carbonyl (C=O) groups excluding carboxylic acids is 2. The number of carbonyl (C=O) groups is 2. The Hall–Kier alpha value is -2.65. The molecular weight excluding hydrogens is 360 g/mol. The second kappa shape index (κ2) is 8.15. The molecule has 1 aromatic rings. The predicted molar refractivity (Wildman–Crippen MR) is 81.7 cm³/mol. The molecule has 10 heteroatoms.